The second-order valence-electron chi connectivity index (χ2n) is 5.19. The SMILES string of the molecule is CN1CCN(c2nnc(SCC(=O)O)s2)CC1(C)C. The fourth-order valence-corrected chi connectivity index (χ4v) is 3.50. The Morgan fingerprint density at radius 1 is 1.47 bits per heavy atom. The number of rotatable bonds is 4. The zero-order valence-corrected chi connectivity index (χ0v) is 12.9. The fraction of sp³-hybridized carbons (Fsp3) is 0.727. The van der Waals surface area contributed by atoms with E-state index < -0.39 is 5.97 Å². The van der Waals surface area contributed by atoms with Crippen LogP contribution in [0, 0.1) is 0 Å². The van der Waals surface area contributed by atoms with Crippen molar-refractivity contribution in [3.8, 4) is 0 Å². The van der Waals surface area contributed by atoms with E-state index in [2.05, 4.69) is 40.9 Å². The largest absolute Gasteiger partial charge is 0.481 e. The van der Waals surface area contributed by atoms with Crippen LogP contribution in [-0.4, -0.2) is 64.1 Å². The molecule has 0 radical (unpaired) electrons. The topological polar surface area (TPSA) is 69.6 Å². The van der Waals surface area contributed by atoms with Gasteiger partial charge in [0.2, 0.25) is 5.13 Å². The summed E-state index contributed by atoms with van der Waals surface area (Å²) in [7, 11) is 2.13. The van der Waals surface area contributed by atoms with Crippen molar-refractivity contribution in [3.63, 3.8) is 0 Å². The van der Waals surface area contributed by atoms with E-state index in [9.17, 15) is 4.79 Å². The summed E-state index contributed by atoms with van der Waals surface area (Å²) in [4.78, 5) is 15.1. The van der Waals surface area contributed by atoms with Crippen LogP contribution in [0.25, 0.3) is 0 Å². The van der Waals surface area contributed by atoms with E-state index >= 15 is 0 Å². The molecule has 1 aromatic rings. The van der Waals surface area contributed by atoms with E-state index in [4.69, 9.17) is 5.11 Å². The van der Waals surface area contributed by atoms with Gasteiger partial charge in [-0.3, -0.25) is 9.69 Å². The first-order chi connectivity index (χ1) is 8.88. The number of aliphatic carboxylic acids is 1. The number of carboxylic acid groups (broad SMARTS) is 1. The third-order valence-electron chi connectivity index (χ3n) is 3.30. The Morgan fingerprint density at radius 2 is 2.21 bits per heavy atom. The van der Waals surface area contributed by atoms with Gasteiger partial charge in [0, 0.05) is 25.2 Å². The first kappa shape index (κ1) is 14.5. The maximum Gasteiger partial charge on any atom is 0.313 e. The third kappa shape index (κ3) is 3.58. The van der Waals surface area contributed by atoms with Crippen LogP contribution in [0.5, 0.6) is 0 Å². The Labute approximate surface area is 120 Å². The summed E-state index contributed by atoms with van der Waals surface area (Å²) in [6.07, 6.45) is 0. The van der Waals surface area contributed by atoms with Gasteiger partial charge in [0.15, 0.2) is 4.34 Å². The summed E-state index contributed by atoms with van der Waals surface area (Å²) in [5.74, 6) is -0.800. The lowest BCUT2D eigenvalue weighted by Crippen LogP contribution is -2.57. The molecule has 1 N–H and O–H groups in total. The molecule has 0 unspecified atom stereocenters. The van der Waals surface area contributed by atoms with Gasteiger partial charge in [-0.05, 0) is 20.9 Å². The molecular weight excluding hydrogens is 284 g/mol. The molecule has 2 rings (SSSR count). The van der Waals surface area contributed by atoms with E-state index in [-0.39, 0.29) is 11.3 Å². The molecule has 19 heavy (non-hydrogen) atoms. The molecule has 1 saturated heterocycles. The first-order valence-electron chi connectivity index (χ1n) is 6.03. The van der Waals surface area contributed by atoms with Crippen LogP contribution in [0.3, 0.4) is 0 Å². The fourth-order valence-electron chi connectivity index (χ4n) is 1.92. The number of aromatic nitrogens is 2. The quantitative estimate of drug-likeness (QED) is 0.839. The van der Waals surface area contributed by atoms with Crippen molar-refractivity contribution in [2.45, 2.75) is 23.7 Å². The molecule has 1 fully saturated rings. The molecule has 0 saturated carbocycles. The van der Waals surface area contributed by atoms with Crippen molar-refractivity contribution in [1.29, 1.82) is 0 Å². The Hall–Kier alpha value is -0.860. The van der Waals surface area contributed by atoms with E-state index in [1.807, 2.05) is 0 Å². The summed E-state index contributed by atoms with van der Waals surface area (Å²) in [5.41, 5.74) is 0.109. The van der Waals surface area contributed by atoms with E-state index in [1.54, 1.807) is 0 Å². The van der Waals surface area contributed by atoms with Crippen LogP contribution < -0.4 is 4.90 Å². The molecule has 0 bridgehead atoms. The number of likely N-dealkylation sites (N-methyl/N-ethyl adjacent to an activating group) is 1. The molecule has 6 nitrogen and oxygen atoms in total. The zero-order chi connectivity index (χ0) is 14.0. The lowest BCUT2D eigenvalue weighted by molar-refractivity contribution is -0.133. The van der Waals surface area contributed by atoms with Crippen molar-refractivity contribution in [3.05, 3.63) is 0 Å². The van der Waals surface area contributed by atoms with Gasteiger partial charge >= 0.3 is 5.97 Å². The Morgan fingerprint density at radius 3 is 2.84 bits per heavy atom. The highest BCUT2D eigenvalue weighted by atomic mass is 32.2. The minimum absolute atomic E-state index is 0.0306. The number of hydrogen-bond donors (Lipinski definition) is 1. The number of anilines is 1. The van der Waals surface area contributed by atoms with Crippen LogP contribution in [0.15, 0.2) is 4.34 Å². The molecule has 0 amide bonds. The number of piperazine rings is 1. The number of hydrogen-bond acceptors (Lipinski definition) is 7. The molecule has 0 spiro atoms. The normalized spacial score (nSPS) is 19.6. The molecular formula is C11H18N4O2S2. The maximum atomic E-state index is 10.5. The standard InChI is InChI=1S/C11H18N4O2S2/c1-11(2)7-15(5-4-14(11)3)9-12-13-10(19-9)18-6-8(16)17/h4-7H2,1-3H3,(H,16,17). The van der Waals surface area contributed by atoms with Gasteiger partial charge in [-0.1, -0.05) is 23.1 Å². The number of carboxylic acids is 1. The Kier molecular flexibility index (Phi) is 4.32. The Balaban J connectivity index is 2.01. The average Bonchev–Trinajstić information content (AvgIpc) is 2.78. The molecule has 1 aromatic heterocycles. The van der Waals surface area contributed by atoms with Gasteiger partial charge in [0.05, 0.1) is 5.75 Å². The Bertz CT molecular complexity index is 463. The van der Waals surface area contributed by atoms with Crippen molar-refractivity contribution in [2.75, 3.05) is 37.3 Å². The van der Waals surface area contributed by atoms with E-state index in [1.165, 1.54) is 23.1 Å². The van der Waals surface area contributed by atoms with Crippen LogP contribution in [0.4, 0.5) is 5.13 Å². The predicted octanol–water partition coefficient (Wildman–Crippen LogP) is 1.25. The van der Waals surface area contributed by atoms with Crippen molar-refractivity contribution in [1.82, 2.24) is 15.1 Å². The van der Waals surface area contributed by atoms with Gasteiger partial charge in [-0.25, -0.2) is 0 Å². The van der Waals surface area contributed by atoms with E-state index in [0.29, 0.717) is 4.34 Å². The molecule has 0 aromatic carbocycles. The summed E-state index contributed by atoms with van der Waals surface area (Å²) < 4.78 is 0.717. The highest BCUT2D eigenvalue weighted by molar-refractivity contribution is 8.01. The van der Waals surface area contributed by atoms with Gasteiger partial charge in [0.25, 0.3) is 0 Å². The minimum atomic E-state index is -0.831. The van der Waals surface area contributed by atoms with Crippen LogP contribution in [-0.2, 0) is 4.79 Å². The summed E-state index contributed by atoms with van der Waals surface area (Å²) >= 11 is 2.69. The van der Waals surface area contributed by atoms with Crippen LogP contribution in [0.1, 0.15) is 13.8 Å². The number of carbonyl (C=O) groups is 1. The lowest BCUT2D eigenvalue weighted by Gasteiger charge is -2.45. The lowest BCUT2D eigenvalue weighted by atomic mass is 10.0. The van der Waals surface area contributed by atoms with Gasteiger partial charge in [-0.15, -0.1) is 10.2 Å². The highest BCUT2D eigenvalue weighted by Gasteiger charge is 2.32. The van der Waals surface area contributed by atoms with Crippen molar-refractivity contribution in [2.24, 2.45) is 0 Å². The van der Waals surface area contributed by atoms with Crippen molar-refractivity contribution >= 4 is 34.2 Å². The highest BCUT2D eigenvalue weighted by Crippen LogP contribution is 2.30. The number of nitrogens with zero attached hydrogens (tertiary/aromatic N) is 4. The molecule has 8 heteroatoms. The van der Waals surface area contributed by atoms with Crippen molar-refractivity contribution < 1.29 is 9.90 Å². The van der Waals surface area contributed by atoms with E-state index in [0.717, 1.165) is 24.8 Å². The second kappa shape index (κ2) is 5.64. The third-order valence-corrected chi connectivity index (χ3v) is 5.40. The molecule has 106 valence electrons. The molecule has 1 aliphatic heterocycles. The van der Waals surface area contributed by atoms with Gasteiger partial charge in [-0.2, -0.15) is 0 Å². The van der Waals surface area contributed by atoms with Gasteiger partial charge < -0.3 is 10.0 Å². The summed E-state index contributed by atoms with van der Waals surface area (Å²) in [6.45, 7) is 7.24. The average molecular weight is 302 g/mol. The summed E-state index contributed by atoms with van der Waals surface area (Å²) in [6, 6.07) is 0. The smallest absolute Gasteiger partial charge is 0.313 e. The summed E-state index contributed by atoms with van der Waals surface area (Å²) in [5, 5.41) is 17.7. The molecule has 0 atom stereocenters. The first-order valence-corrected chi connectivity index (χ1v) is 7.83. The van der Waals surface area contributed by atoms with Crippen LogP contribution >= 0.6 is 23.1 Å². The molecule has 1 aliphatic rings. The zero-order valence-electron chi connectivity index (χ0n) is 11.3. The maximum absolute atomic E-state index is 10.5. The van der Waals surface area contributed by atoms with Gasteiger partial charge in [0.1, 0.15) is 0 Å². The minimum Gasteiger partial charge on any atom is -0.481 e. The monoisotopic (exact) mass is 302 g/mol. The number of thioether (sulfide) groups is 1. The predicted molar refractivity (Wildman–Crippen MR) is 77.2 cm³/mol. The second-order valence-corrected chi connectivity index (χ2v) is 7.37. The van der Waals surface area contributed by atoms with Crippen LogP contribution in [0.2, 0.25) is 0 Å². The molecule has 2 heterocycles. The molecule has 0 aliphatic carbocycles.